The van der Waals surface area contributed by atoms with Crippen molar-refractivity contribution in [3.8, 4) is 5.75 Å². The van der Waals surface area contributed by atoms with E-state index >= 15 is 0 Å². The molecule has 0 aliphatic rings. The standard InChI is InChI=1S/C34H36BrFN2O4SSi/c1-34(2,3)44(29-11-7-5-8-12-29,30-13-9-6-10-14-30)42-32-22-25(21-26-23-27(36)16-18-31(26)32)15-17-28-24-33(35)37-38(28)19-20-41-43(4,39)40/h5-14,16,18,21-24H,15,17,19-20H2,1-4H3. The number of benzene rings is 4. The predicted molar refractivity (Wildman–Crippen MR) is 180 cm³/mol. The molecule has 0 unspecified atom stereocenters. The Morgan fingerprint density at radius 3 is 2.11 bits per heavy atom. The number of nitrogens with zero attached hydrogens (tertiary/aromatic N) is 2. The normalized spacial score (nSPS) is 12.5. The molecule has 1 heterocycles. The summed E-state index contributed by atoms with van der Waals surface area (Å²) in [4.78, 5) is 0. The minimum Gasteiger partial charge on any atom is -0.534 e. The lowest BCUT2D eigenvalue weighted by Crippen LogP contribution is -2.68. The van der Waals surface area contributed by atoms with Gasteiger partial charge in [-0.05, 0) is 85.5 Å². The van der Waals surface area contributed by atoms with Crippen LogP contribution in [0.25, 0.3) is 10.8 Å². The Labute approximate surface area is 268 Å². The number of aromatic nitrogens is 2. The summed E-state index contributed by atoms with van der Waals surface area (Å²) in [5.41, 5.74) is 1.91. The molecule has 0 spiro atoms. The third-order valence-corrected chi connectivity index (χ3v) is 13.6. The Morgan fingerprint density at radius 1 is 0.886 bits per heavy atom. The van der Waals surface area contributed by atoms with Crippen LogP contribution in [0.15, 0.2) is 102 Å². The average molecular weight is 696 g/mol. The first-order valence-electron chi connectivity index (χ1n) is 14.4. The van der Waals surface area contributed by atoms with Crippen LogP contribution >= 0.6 is 15.9 Å². The number of halogens is 2. The van der Waals surface area contributed by atoms with Gasteiger partial charge in [0.05, 0.1) is 19.4 Å². The zero-order valence-electron chi connectivity index (χ0n) is 25.3. The van der Waals surface area contributed by atoms with Crippen LogP contribution in [0.4, 0.5) is 4.39 Å². The fraction of sp³-hybridized carbons (Fsp3) is 0.265. The molecule has 0 aliphatic heterocycles. The van der Waals surface area contributed by atoms with Gasteiger partial charge >= 0.3 is 8.32 Å². The Kier molecular flexibility index (Phi) is 9.46. The molecule has 10 heteroatoms. The van der Waals surface area contributed by atoms with Crippen LogP contribution in [0.3, 0.4) is 0 Å². The van der Waals surface area contributed by atoms with Crippen LogP contribution < -0.4 is 14.8 Å². The van der Waals surface area contributed by atoms with Crippen molar-refractivity contribution < 1.29 is 21.4 Å². The van der Waals surface area contributed by atoms with Gasteiger partial charge in [-0.25, -0.2) is 4.39 Å². The summed E-state index contributed by atoms with van der Waals surface area (Å²) in [5, 5.41) is 8.15. The van der Waals surface area contributed by atoms with E-state index in [0.717, 1.165) is 44.4 Å². The lowest BCUT2D eigenvalue weighted by molar-refractivity contribution is 0.295. The smallest absolute Gasteiger partial charge is 0.319 e. The molecule has 0 amide bonds. The second-order valence-electron chi connectivity index (χ2n) is 11.9. The number of fused-ring (bicyclic) bond motifs is 1. The second-order valence-corrected chi connectivity index (χ2v) is 18.6. The average Bonchev–Trinajstić information content (AvgIpc) is 3.32. The maximum absolute atomic E-state index is 14.6. The van der Waals surface area contributed by atoms with E-state index in [1.54, 1.807) is 16.8 Å². The molecular formula is C34H36BrFN2O4SSi. The molecule has 5 rings (SSSR count). The van der Waals surface area contributed by atoms with Gasteiger partial charge in [0.15, 0.2) is 0 Å². The van der Waals surface area contributed by atoms with Gasteiger partial charge in [-0.15, -0.1) is 0 Å². The maximum atomic E-state index is 14.6. The minimum absolute atomic E-state index is 0.00826. The van der Waals surface area contributed by atoms with Crippen molar-refractivity contribution in [2.45, 2.75) is 45.2 Å². The van der Waals surface area contributed by atoms with Crippen molar-refractivity contribution in [2.24, 2.45) is 0 Å². The zero-order valence-corrected chi connectivity index (χ0v) is 28.7. The molecule has 6 nitrogen and oxygen atoms in total. The highest BCUT2D eigenvalue weighted by Gasteiger charge is 2.52. The Balaban J connectivity index is 1.56. The van der Waals surface area contributed by atoms with E-state index in [4.69, 9.17) is 8.61 Å². The number of hydrogen-bond acceptors (Lipinski definition) is 5. The van der Waals surface area contributed by atoms with Crippen molar-refractivity contribution in [1.29, 1.82) is 0 Å². The van der Waals surface area contributed by atoms with E-state index < -0.39 is 18.4 Å². The van der Waals surface area contributed by atoms with Crippen molar-refractivity contribution in [2.75, 3.05) is 12.9 Å². The van der Waals surface area contributed by atoms with Gasteiger partial charge in [0, 0.05) is 11.1 Å². The summed E-state index contributed by atoms with van der Waals surface area (Å²) in [5.74, 6) is 0.418. The molecule has 1 aromatic heterocycles. The van der Waals surface area contributed by atoms with Crippen LogP contribution in [-0.2, 0) is 33.7 Å². The first-order valence-corrected chi connectivity index (χ1v) is 19.0. The van der Waals surface area contributed by atoms with E-state index in [2.05, 4.69) is 96.4 Å². The highest BCUT2D eigenvalue weighted by atomic mass is 79.9. The zero-order chi connectivity index (χ0) is 31.5. The van der Waals surface area contributed by atoms with Crippen LogP contribution in [0.2, 0.25) is 5.04 Å². The van der Waals surface area contributed by atoms with Crippen molar-refractivity contribution in [3.05, 3.63) is 119 Å². The SMILES string of the molecule is CC(C)(C)[Si](Oc1cc(CCc2cc(Br)nn2CCOS(C)(=O)=O)cc2cc(F)ccc12)(c1ccccc1)c1ccccc1. The topological polar surface area (TPSA) is 70.4 Å². The number of hydrogen-bond donors (Lipinski definition) is 0. The summed E-state index contributed by atoms with van der Waals surface area (Å²) in [7, 11) is -6.49. The van der Waals surface area contributed by atoms with E-state index in [1.165, 1.54) is 6.07 Å². The molecule has 0 N–H and O–H groups in total. The van der Waals surface area contributed by atoms with Gasteiger partial charge in [-0.3, -0.25) is 8.86 Å². The molecule has 0 fully saturated rings. The molecule has 4 aromatic carbocycles. The first-order chi connectivity index (χ1) is 20.9. The number of aryl methyl sites for hydroxylation is 2. The Morgan fingerprint density at radius 2 is 1.52 bits per heavy atom. The monoisotopic (exact) mass is 694 g/mol. The molecule has 0 atom stereocenters. The summed E-state index contributed by atoms with van der Waals surface area (Å²) in [6, 6.07) is 31.7. The van der Waals surface area contributed by atoms with Crippen molar-refractivity contribution >= 4 is 55.5 Å². The quantitative estimate of drug-likeness (QED) is 0.115. The largest absolute Gasteiger partial charge is 0.534 e. The molecular weight excluding hydrogens is 659 g/mol. The minimum atomic E-state index is -3.54. The highest BCUT2D eigenvalue weighted by Crippen LogP contribution is 2.40. The van der Waals surface area contributed by atoms with E-state index in [0.29, 0.717) is 24.0 Å². The summed E-state index contributed by atoms with van der Waals surface area (Å²) in [6.45, 7) is 6.98. The Hall–Kier alpha value is -3.31. The third-order valence-electron chi connectivity index (χ3n) is 7.72. The van der Waals surface area contributed by atoms with Crippen LogP contribution in [0.1, 0.15) is 32.0 Å². The van der Waals surface area contributed by atoms with Gasteiger partial charge in [-0.1, -0.05) is 87.5 Å². The molecule has 0 saturated heterocycles. The van der Waals surface area contributed by atoms with E-state index in [-0.39, 0.29) is 17.5 Å². The first kappa shape index (κ1) is 32.1. The van der Waals surface area contributed by atoms with Crippen molar-refractivity contribution in [3.63, 3.8) is 0 Å². The van der Waals surface area contributed by atoms with Crippen LogP contribution in [-0.4, -0.2) is 39.4 Å². The third kappa shape index (κ3) is 7.15. The summed E-state index contributed by atoms with van der Waals surface area (Å²) in [6.07, 6.45) is 2.29. The van der Waals surface area contributed by atoms with Gasteiger partial charge in [0.1, 0.15) is 16.2 Å². The fourth-order valence-corrected chi connectivity index (χ4v) is 11.0. The lowest BCUT2D eigenvalue weighted by atomic mass is 10.0. The second kappa shape index (κ2) is 13.0. The summed E-state index contributed by atoms with van der Waals surface area (Å²) >= 11 is 3.44. The van der Waals surface area contributed by atoms with Gasteiger partial charge in [0.25, 0.3) is 10.1 Å². The molecule has 230 valence electrons. The van der Waals surface area contributed by atoms with Crippen molar-refractivity contribution in [1.82, 2.24) is 9.78 Å². The van der Waals surface area contributed by atoms with E-state index in [1.807, 2.05) is 24.3 Å². The fourth-order valence-electron chi connectivity index (χ4n) is 5.77. The molecule has 5 aromatic rings. The van der Waals surface area contributed by atoms with Gasteiger partial charge in [0.2, 0.25) is 0 Å². The lowest BCUT2D eigenvalue weighted by Gasteiger charge is -2.43. The predicted octanol–water partition coefficient (Wildman–Crippen LogP) is 6.64. The molecule has 44 heavy (non-hydrogen) atoms. The number of rotatable bonds is 11. The summed E-state index contributed by atoms with van der Waals surface area (Å²) < 4.78 is 52.2. The highest BCUT2D eigenvalue weighted by molar-refractivity contribution is 9.10. The van der Waals surface area contributed by atoms with Crippen LogP contribution in [0.5, 0.6) is 5.75 Å². The molecule has 0 saturated carbocycles. The van der Waals surface area contributed by atoms with E-state index in [9.17, 15) is 12.8 Å². The molecule has 0 bridgehead atoms. The van der Waals surface area contributed by atoms with Crippen LogP contribution in [0, 0.1) is 5.82 Å². The maximum Gasteiger partial charge on any atom is 0.319 e. The van der Waals surface area contributed by atoms with Gasteiger partial charge < -0.3 is 4.43 Å². The Bertz CT molecular complexity index is 1820. The molecule has 0 radical (unpaired) electrons. The van der Waals surface area contributed by atoms with Gasteiger partial charge in [-0.2, -0.15) is 13.5 Å². The molecule has 0 aliphatic carbocycles.